The van der Waals surface area contributed by atoms with Crippen LogP contribution in [0.3, 0.4) is 0 Å². The minimum atomic E-state index is 0.215. The zero-order chi connectivity index (χ0) is 15.1. The van der Waals surface area contributed by atoms with Gasteiger partial charge in [0.05, 0.1) is 13.2 Å². The maximum atomic E-state index is 5.25. The topological polar surface area (TPSA) is 21.3 Å². The molecule has 0 bridgehead atoms. The second-order valence-corrected chi connectivity index (χ2v) is 6.35. The summed E-state index contributed by atoms with van der Waals surface area (Å²) in [4.78, 5) is 0. The highest BCUT2D eigenvalue weighted by Gasteiger charge is 2.14. The van der Waals surface area contributed by atoms with Crippen LogP contribution < -0.4 is 10.1 Å². The molecule has 2 aromatic rings. The first-order valence-electron chi connectivity index (χ1n) is 7.19. The van der Waals surface area contributed by atoms with Gasteiger partial charge in [-0.2, -0.15) is 11.8 Å². The molecule has 2 atom stereocenters. The third-order valence-corrected chi connectivity index (χ3v) is 4.57. The predicted octanol–water partition coefficient (Wildman–Crippen LogP) is 4.13. The van der Waals surface area contributed by atoms with Crippen LogP contribution >= 0.6 is 11.8 Å². The molecule has 0 amide bonds. The van der Waals surface area contributed by atoms with Crippen LogP contribution in [0, 0.1) is 0 Å². The van der Waals surface area contributed by atoms with E-state index in [1.165, 1.54) is 11.1 Å². The Morgan fingerprint density at radius 2 is 1.62 bits per heavy atom. The van der Waals surface area contributed by atoms with Gasteiger partial charge in [0.1, 0.15) is 5.75 Å². The number of hydrogen-bond acceptors (Lipinski definition) is 3. The van der Waals surface area contributed by atoms with Crippen molar-refractivity contribution >= 4 is 11.8 Å². The van der Waals surface area contributed by atoms with E-state index in [9.17, 15) is 0 Å². The van der Waals surface area contributed by atoms with Crippen molar-refractivity contribution in [3.05, 3.63) is 65.7 Å². The highest BCUT2D eigenvalue weighted by Crippen LogP contribution is 2.24. The smallest absolute Gasteiger partial charge is 0.118 e. The monoisotopic (exact) mass is 301 g/mol. The van der Waals surface area contributed by atoms with Crippen LogP contribution in [0.4, 0.5) is 0 Å². The Morgan fingerprint density at radius 1 is 1.00 bits per heavy atom. The van der Waals surface area contributed by atoms with E-state index < -0.39 is 0 Å². The van der Waals surface area contributed by atoms with Gasteiger partial charge in [-0.05, 0) is 29.5 Å². The predicted molar refractivity (Wildman–Crippen MR) is 92.3 cm³/mol. The lowest BCUT2D eigenvalue weighted by atomic mass is 9.98. The molecule has 3 heteroatoms. The average molecular weight is 301 g/mol. The molecule has 0 spiro atoms. The molecule has 0 saturated carbocycles. The summed E-state index contributed by atoms with van der Waals surface area (Å²) in [5, 5.41) is 4.27. The molecule has 0 aliphatic carbocycles. The van der Waals surface area contributed by atoms with Gasteiger partial charge in [0.2, 0.25) is 0 Å². The van der Waals surface area contributed by atoms with Crippen molar-refractivity contribution in [1.82, 2.24) is 5.32 Å². The average Bonchev–Trinajstić information content (AvgIpc) is 2.56. The lowest BCUT2D eigenvalue weighted by Crippen LogP contribution is -2.28. The summed E-state index contributed by atoms with van der Waals surface area (Å²) < 4.78 is 5.25. The van der Waals surface area contributed by atoms with E-state index in [1.54, 1.807) is 7.11 Å². The lowest BCUT2D eigenvalue weighted by Gasteiger charge is -2.22. The normalized spacial score (nSPS) is 13.7. The Hall–Kier alpha value is -1.45. The lowest BCUT2D eigenvalue weighted by molar-refractivity contribution is 0.414. The van der Waals surface area contributed by atoms with Crippen LogP contribution in [0.25, 0.3) is 0 Å². The molecule has 0 aliphatic rings. The maximum Gasteiger partial charge on any atom is 0.118 e. The molecule has 112 valence electrons. The molecule has 1 N–H and O–H groups in total. The van der Waals surface area contributed by atoms with Crippen molar-refractivity contribution in [3.63, 3.8) is 0 Å². The third kappa shape index (κ3) is 4.51. The summed E-state index contributed by atoms with van der Waals surface area (Å²) in [6.45, 7) is 3.22. The fourth-order valence-corrected chi connectivity index (χ4v) is 2.50. The third-order valence-electron chi connectivity index (χ3n) is 3.59. The van der Waals surface area contributed by atoms with E-state index in [2.05, 4.69) is 61.0 Å². The first-order chi connectivity index (χ1) is 10.2. The van der Waals surface area contributed by atoms with E-state index in [4.69, 9.17) is 4.74 Å². The molecule has 21 heavy (non-hydrogen) atoms. The van der Waals surface area contributed by atoms with Crippen molar-refractivity contribution in [2.24, 2.45) is 0 Å². The molecule has 0 aromatic heterocycles. The number of hydrogen-bond donors (Lipinski definition) is 1. The quantitative estimate of drug-likeness (QED) is 0.831. The molecule has 2 aromatic carbocycles. The van der Waals surface area contributed by atoms with Crippen LogP contribution in [0.5, 0.6) is 5.75 Å². The minimum absolute atomic E-state index is 0.215. The molecular weight excluding hydrogens is 278 g/mol. The van der Waals surface area contributed by atoms with E-state index in [1.807, 2.05) is 23.9 Å². The van der Waals surface area contributed by atoms with Gasteiger partial charge in [-0.1, -0.05) is 49.4 Å². The molecule has 2 nitrogen and oxygen atoms in total. The van der Waals surface area contributed by atoms with Crippen molar-refractivity contribution in [2.45, 2.75) is 18.2 Å². The van der Waals surface area contributed by atoms with Gasteiger partial charge in [0.15, 0.2) is 0 Å². The summed E-state index contributed by atoms with van der Waals surface area (Å²) in [5.74, 6) is 0.892. The van der Waals surface area contributed by atoms with Crippen LogP contribution in [0.1, 0.15) is 24.1 Å². The van der Waals surface area contributed by atoms with E-state index >= 15 is 0 Å². The summed E-state index contributed by atoms with van der Waals surface area (Å²) in [7, 11) is 1.70. The molecule has 0 aliphatic heterocycles. The second kappa shape index (κ2) is 8.11. The highest BCUT2D eigenvalue weighted by atomic mass is 32.2. The SMILES string of the molecule is COc1ccc(C(NCC(C)SC)c2ccccc2)cc1. The zero-order valence-corrected chi connectivity index (χ0v) is 13.7. The van der Waals surface area contributed by atoms with Gasteiger partial charge in [-0.25, -0.2) is 0 Å². The fraction of sp³-hybridized carbons (Fsp3) is 0.333. The van der Waals surface area contributed by atoms with Crippen LogP contribution in [0.15, 0.2) is 54.6 Å². The minimum Gasteiger partial charge on any atom is -0.497 e. The molecule has 0 saturated heterocycles. The van der Waals surface area contributed by atoms with Crippen molar-refractivity contribution in [2.75, 3.05) is 19.9 Å². The van der Waals surface area contributed by atoms with Gasteiger partial charge in [-0.3, -0.25) is 0 Å². The Morgan fingerprint density at radius 3 is 2.19 bits per heavy atom. The molecule has 2 unspecified atom stereocenters. The number of thioether (sulfide) groups is 1. The summed E-state index contributed by atoms with van der Waals surface area (Å²) >= 11 is 1.88. The van der Waals surface area contributed by atoms with Gasteiger partial charge in [0, 0.05) is 11.8 Å². The van der Waals surface area contributed by atoms with Crippen molar-refractivity contribution in [3.8, 4) is 5.75 Å². The second-order valence-electron chi connectivity index (χ2n) is 5.07. The molecule has 0 radical (unpaired) electrons. The summed E-state index contributed by atoms with van der Waals surface area (Å²) in [6.07, 6.45) is 2.15. The molecule has 2 rings (SSSR count). The summed E-state index contributed by atoms with van der Waals surface area (Å²) in [6, 6.07) is 19.1. The standard InChI is InChI=1S/C18H23NOS/c1-14(21-3)13-19-18(15-7-5-4-6-8-15)16-9-11-17(20-2)12-10-16/h4-12,14,18-19H,13H2,1-3H3. The number of ether oxygens (including phenoxy) is 1. The number of methoxy groups -OCH3 is 1. The van der Waals surface area contributed by atoms with Crippen molar-refractivity contribution < 1.29 is 4.74 Å². The largest absolute Gasteiger partial charge is 0.497 e. The van der Waals surface area contributed by atoms with Crippen LogP contribution in [-0.4, -0.2) is 25.2 Å². The molecular formula is C18H23NOS. The number of benzene rings is 2. The van der Waals surface area contributed by atoms with Crippen molar-refractivity contribution in [1.29, 1.82) is 0 Å². The number of rotatable bonds is 7. The van der Waals surface area contributed by atoms with Crippen LogP contribution in [0.2, 0.25) is 0 Å². The molecule has 0 heterocycles. The Balaban J connectivity index is 2.22. The van der Waals surface area contributed by atoms with E-state index in [0.29, 0.717) is 5.25 Å². The first-order valence-corrected chi connectivity index (χ1v) is 8.48. The van der Waals surface area contributed by atoms with Gasteiger partial charge >= 0.3 is 0 Å². The first kappa shape index (κ1) is 15.9. The number of nitrogens with one attached hydrogen (secondary N) is 1. The van der Waals surface area contributed by atoms with Gasteiger partial charge in [-0.15, -0.1) is 0 Å². The van der Waals surface area contributed by atoms with Crippen LogP contribution in [-0.2, 0) is 0 Å². The fourth-order valence-electron chi connectivity index (χ4n) is 2.24. The summed E-state index contributed by atoms with van der Waals surface area (Å²) in [5.41, 5.74) is 2.55. The van der Waals surface area contributed by atoms with Gasteiger partial charge < -0.3 is 10.1 Å². The molecule has 0 fully saturated rings. The zero-order valence-electron chi connectivity index (χ0n) is 12.9. The highest BCUT2D eigenvalue weighted by molar-refractivity contribution is 7.99. The Bertz CT molecular complexity index is 527. The van der Waals surface area contributed by atoms with Gasteiger partial charge in [0.25, 0.3) is 0 Å². The van der Waals surface area contributed by atoms with E-state index in [0.717, 1.165) is 12.3 Å². The maximum absolute atomic E-state index is 5.25. The Labute approximate surface area is 131 Å². The van der Waals surface area contributed by atoms with E-state index in [-0.39, 0.29) is 6.04 Å². The Kier molecular flexibility index (Phi) is 6.15.